The lowest BCUT2D eigenvalue weighted by Crippen LogP contribution is -1.98. The molecule has 0 heterocycles. The van der Waals surface area contributed by atoms with Crippen molar-refractivity contribution in [1.29, 1.82) is 5.26 Å². The Balaban J connectivity index is 3.72. The summed E-state index contributed by atoms with van der Waals surface area (Å²) in [7, 11) is 1.11. The highest BCUT2D eigenvalue weighted by atomic mass is 127. The van der Waals surface area contributed by atoms with Crippen LogP contribution in [0.2, 0.25) is 0 Å². The Kier molecular flexibility index (Phi) is 3.24. The molecule has 0 aliphatic heterocycles. The summed E-state index contributed by atoms with van der Waals surface area (Å²) in [6.45, 7) is 0. The van der Waals surface area contributed by atoms with Gasteiger partial charge in [-0.05, 0) is 34.7 Å². The van der Waals surface area contributed by atoms with Gasteiger partial charge in [-0.3, -0.25) is 0 Å². The van der Waals surface area contributed by atoms with E-state index >= 15 is 0 Å². The Labute approximate surface area is 98.7 Å². The van der Waals surface area contributed by atoms with Crippen LogP contribution in [0.3, 0.4) is 0 Å². The van der Waals surface area contributed by atoms with Crippen molar-refractivity contribution in [2.45, 2.75) is 4.90 Å². The molecule has 74 valence electrons. The molecule has 0 fully saturated rings. The number of halogens is 2. The highest BCUT2D eigenvalue weighted by molar-refractivity contribution is 14.1. The van der Waals surface area contributed by atoms with Gasteiger partial charge in [-0.15, -0.1) is 0 Å². The van der Waals surface area contributed by atoms with E-state index in [4.69, 9.17) is 15.9 Å². The Morgan fingerprint density at radius 3 is 2.50 bits per heavy atom. The molecule has 7 heteroatoms. The summed E-state index contributed by atoms with van der Waals surface area (Å²) in [5.41, 5.74) is -0.0813. The molecular weight excluding hydrogens is 341 g/mol. The van der Waals surface area contributed by atoms with Crippen molar-refractivity contribution < 1.29 is 13.5 Å². The number of hydrogen-bond acceptors (Lipinski definition) is 4. The van der Waals surface area contributed by atoms with Crippen LogP contribution in [0.1, 0.15) is 5.56 Å². The highest BCUT2D eigenvalue weighted by Crippen LogP contribution is 2.31. The third kappa shape index (κ3) is 2.10. The van der Waals surface area contributed by atoms with E-state index in [-0.39, 0.29) is 19.8 Å². The maximum Gasteiger partial charge on any atom is 0.263 e. The average Bonchev–Trinajstić information content (AvgIpc) is 2.07. The summed E-state index contributed by atoms with van der Waals surface area (Å²) in [4.78, 5) is -0.345. The first-order valence-electron chi connectivity index (χ1n) is 3.24. The van der Waals surface area contributed by atoms with Gasteiger partial charge in [0, 0.05) is 10.7 Å². The number of hydrogen-bond donors (Lipinski definition) is 1. The molecule has 0 spiro atoms. The topological polar surface area (TPSA) is 78.2 Å². The van der Waals surface area contributed by atoms with E-state index in [0.717, 1.165) is 0 Å². The Hall–Kier alpha value is -0.520. The Morgan fingerprint density at radius 2 is 2.07 bits per heavy atom. The fraction of sp³-hybridized carbons (Fsp3) is 0. The van der Waals surface area contributed by atoms with Crippen LogP contribution in [-0.4, -0.2) is 13.5 Å². The van der Waals surface area contributed by atoms with Gasteiger partial charge in [0.2, 0.25) is 0 Å². The van der Waals surface area contributed by atoms with Crippen molar-refractivity contribution in [1.82, 2.24) is 0 Å². The van der Waals surface area contributed by atoms with E-state index in [2.05, 4.69) is 0 Å². The third-order valence-corrected chi connectivity index (χ3v) is 4.27. The summed E-state index contributed by atoms with van der Waals surface area (Å²) >= 11 is 1.61. The normalized spacial score (nSPS) is 10.9. The quantitative estimate of drug-likeness (QED) is 0.623. The van der Waals surface area contributed by atoms with E-state index in [0.29, 0.717) is 0 Å². The second kappa shape index (κ2) is 3.92. The molecule has 0 unspecified atom stereocenters. The number of nitriles is 1. The van der Waals surface area contributed by atoms with Crippen LogP contribution in [0, 0.1) is 14.9 Å². The zero-order valence-corrected chi connectivity index (χ0v) is 10.3. The van der Waals surface area contributed by atoms with Crippen molar-refractivity contribution in [3.05, 3.63) is 21.3 Å². The fourth-order valence-electron chi connectivity index (χ4n) is 0.872. The van der Waals surface area contributed by atoms with E-state index < -0.39 is 9.05 Å². The summed E-state index contributed by atoms with van der Waals surface area (Å²) in [6, 6.07) is 4.13. The summed E-state index contributed by atoms with van der Waals surface area (Å²) in [6.07, 6.45) is 0. The first kappa shape index (κ1) is 11.6. The maximum atomic E-state index is 11.1. The lowest BCUT2D eigenvalue weighted by atomic mass is 10.2. The van der Waals surface area contributed by atoms with Gasteiger partial charge in [-0.25, -0.2) is 8.42 Å². The minimum atomic E-state index is -4.02. The van der Waals surface area contributed by atoms with Gasteiger partial charge in [0.25, 0.3) is 9.05 Å². The summed E-state index contributed by atoms with van der Waals surface area (Å²) < 4.78 is 22.2. The van der Waals surface area contributed by atoms with E-state index in [1.165, 1.54) is 12.1 Å². The number of rotatable bonds is 1. The smallest absolute Gasteiger partial charge is 0.263 e. The second-order valence-electron chi connectivity index (χ2n) is 2.33. The molecule has 0 saturated carbocycles. The largest absolute Gasteiger partial charge is 0.507 e. The van der Waals surface area contributed by atoms with Crippen molar-refractivity contribution in [2.24, 2.45) is 0 Å². The summed E-state index contributed by atoms with van der Waals surface area (Å²) in [5.74, 6) is -0.219. The lowest BCUT2D eigenvalue weighted by molar-refractivity contribution is 0.469. The molecule has 4 nitrogen and oxygen atoms in total. The zero-order valence-electron chi connectivity index (χ0n) is 6.53. The molecule has 1 N–H and O–H groups in total. The minimum absolute atomic E-state index is 0.0525. The van der Waals surface area contributed by atoms with E-state index in [1.807, 2.05) is 0 Å². The standard InChI is InChI=1S/C7H3ClINO3S/c8-14(12,13)7-4(3-10)1-2-5(11)6(7)9/h1-2,11H. The predicted octanol–water partition coefficient (Wildman–Crippen LogP) is 1.80. The van der Waals surface area contributed by atoms with Gasteiger partial charge in [-0.1, -0.05) is 0 Å². The monoisotopic (exact) mass is 343 g/mol. The van der Waals surface area contributed by atoms with Gasteiger partial charge in [-0.2, -0.15) is 5.26 Å². The Bertz CT molecular complexity index is 520. The van der Waals surface area contributed by atoms with E-state index in [9.17, 15) is 13.5 Å². The summed E-state index contributed by atoms with van der Waals surface area (Å²) in [5, 5.41) is 17.9. The predicted molar refractivity (Wildman–Crippen MR) is 58.6 cm³/mol. The molecular formula is C7H3ClINO3S. The van der Waals surface area contributed by atoms with Gasteiger partial charge in [0.1, 0.15) is 16.7 Å². The highest BCUT2D eigenvalue weighted by Gasteiger charge is 2.21. The third-order valence-electron chi connectivity index (χ3n) is 1.44. The number of phenols is 1. The molecule has 0 bridgehead atoms. The van der Waals surface area contributed by atoms with Crippen molar-refractivity contribution in [2.75, 3.05) is 0 Å². The Morgan fingerprint density at radius 1 is 1.50 bits per heavy atom. The molecule has 1 aromatic rings. The van der Waals surface area contributed by atoms with Gasteiger partial charge in [0.05, 0.1) is 9.13 Å². The zero-order chi connectivity index (χ0) is 10.9. The van der Waals surface area contributed by atoms with Crippen LogP contribution >= 0.6 is 33.3 Å². The molecule has 0 radical (unpaired) electrons. The van der Waals surface area contributed by atoms with Crippen LogP contribution in [0.25, 0.3) is 0 Å². The van der Waals surface area contributed by atoms with Crippen LogP contribution < -0.4 is 0 Å². The van der Waals surface area contributed by atoms with Gasteiger partial charge < -0.3 is 5.11 Å². The first-order valence-corrected chi connectivity index (χ1v) is 6.63. The first-order chi connectivity index (χ1) is 6.38. The molecule has 0 amide bonds. The van der Waals surface area contributed by atoms with Crippen molar-refractivity contribution in [3.63, 3.8) is 0 Å². The van der Waals surface area contributed by atoms with Crippen LogP contribution in [0.5, 0.6) is 5.75 Å². The number of nitrogens with zero attached hydrogens (tertiary/aromatic N) is 1. The van der Waals surface area contributed by atoms with Gasteiger partial charge >= 0.3 is 0 Å². The molecule has 14 heavy (non-hydrogen) atoms. The van der Waals surface area contributed by atoms with Gasteiger partial charge in [0.15, 0.2) is 0 Å². The molecule has 1 aromatic carbocycles. The molecule has 1 rings (SSSR count). The molecule has 0 aromatic heterocycles. The fourth-order valence-corrected chi connectivity index (χ4v) is 3.78. The lowest BCUT2D eigenvalue weighted by Gasteiger charge is -2.04. The maximum absolute atomic E-state index is 11.1. The van der Waals surface area contributed by atoms with E-state index in [1.54, 1.807) is 28.7 Å². The molecule has 0 atom stereocenters. The second-order valence-corrected chi connectivity index (χ2v) is 5.91. The molecule has 0 saturated heterocycles. The number of benzene rings is 1. The molecule has 0 aliphatic rings. The molecule has 0 aliphatic carbocycles. The van der Waals surface area contributed by atoms with Crippen LogP contribution in [0.4, 0.5) is 0 Å². The van der Waals surface area contributed by atoms with Crippen molar-refractivity contribution in [3.8, 4) is 11.8 Å². The number of phenolic OH excluding ortho intramolecular Hbond substituents is 1. The minimum Gasteiger partial charge on any atom is -0.507 e. The van der Waals surface area contributed by atoms with Crippen LogP contribution in [0.15, 0.2) is 17.0 Å². The van der Waals surface area contributed by atoms with Crippen LogP contribution in [-0.2, 0) is 9.05 Å². The number of aromatic hydroxyl groups is 1. The average molecular weight is 344 g/mol. The van der Waals surface area contributed by atoms with Crippen molar-refractivity contribution >= 4 is 42.3 Å². The SMILES string of the molecule is N#Cc1ccc(O)c(I)c1S(=O)(=O)Cl.